The first-order chi connectivity index (χ1) is 8.81. The SMILES string of the molecule is Cc1noc(C)c1S(=O)(=O)Oc1ccc(F)cc1F. The molecule has 2 aromatic rings. The summed E-state index contributed by atoms with van der Waals surface area (Å²) in [6.07, 6.45) is 0. The van der Waals surface area contributed by atoms with Crippen LogP contribution >= 0.6 is 0 Å². The average molecular weight is 289 g/mol. The van der Waals surface area contributed by atoms with Crippen LogP contribution < -0.4 is 4.18 Å². The van der Waals surface area contributed by atoms with Gasteiger partial charge in [-0.15, -0.1) is 0 Å². The van der Waals surface area contributed by atoms with Crippen LogP contribution in [0.5, 0.6) is 5.75 Å². The Hall–Kier alpha value is -1.96. The first-order valence-electron chi connectivity index (χ1n) is 5.13. The number of hydrogen-bond acceptors (Lipinski definition) is 5. The second-order valence-corrected chi connectivity index (χ2v) is 5.25. The van der Waals surface area contributed by atoms with Gasteiger partial charge in [-0.3, -0.25) is 0 Å². The third-order valence-electron chi connectivity index (χ3n) is 2.31. The van der Waals surface area contributed by atoms with E-state index in [2.05, 4.69) is 9.34 Å². The predicted octanol–water partition coefficient (Wildman–Crippen LogP) is 2.34. The summed E-state index contributed by atoms with van der Waals surface area (Å²) >= 11 is 0. The van der Waals surface area contributed by atoms with Gasteiger partial charge in [0.15, 0.2) is 22.2 Å². The topological polar surface area (TPSA) is 69.4 Å². The first kappa shape index (κ1) is 13.5. The second kappa shape index (κ2) is 4.61. The highest BCUT2D eigenvalue weighted by Crippen LogP contribution is 2.26. The molecular weight excluding hydrogens is 280 g/mol. The molecule has 1 aromatic heterocycles. The zero-order chi connectivity index (χ0) is 14.2. The van der Waals surface area contributed by atoms with E-state index < -0.39 is 27.5 Å². The highest BCUT2D eigenvalue weighted by molar-refractivity contribution is 7.87. The van der Waals surface area contributed by atoms with Crippen LogP contribution in [0.2, 0.25) is 0 Å². The molecule has 0 atom stereocenters. The molecule has 0 unspecified atom stereocenters. The zero-order valence-electron chi connectivity index (χ0n) is 9.98. The first-order valence-corrected chi connectivity index (χ1v) is 6.54. The molecule has 102 valence electrons. The van der Waals surface area contributed by atoms with Crippen LogP contribution in [-0.4, -0.2) is 13.6 Å². The van der Waals surface area contributed by atoms with Gasteiger partial charge in [0.1, 0.15) is 11.5 Å². The van der Waals surface area contributed by atoms with Crippen molar-refractivity contribution in [3.63, 3.8) is 0 Å². The molecular formula is C11H9F2NO4S. The molecule has 19 heavy (non-hydrogen) atoms. The van der Waals surface area contributed by atoms with Crippen molar-refractivity contribution in [3.8, 4) is 5.75 Å². The molecule has 0 fully saturated rings. The highest BCUT2D eigenvalue weighted by atomic mass is 32.2. The average Bonchev–Trinajstić information content (AvgIpc) is 2.63. The molecule has 8 heteroatoms. The molecule has 0 aliphatic heterocycles. The Balaban J connectivity index is 2.42. The fourth-order valence-electron chi connectivity index (χ4n) is 1.53. The fraction of sp³-hybridized carbons (Fsp3) is 0.182. The summed E-state index contributed by atoms with van der Waals surface area (Å²) in [6, 6.07) is 2.31. The lowest BCUT2D eigenvalue weighted by atomic mass is 10.3. The number of aryl methyl sites for hydroxylation is 2. The van der Waals surface area contributed by atoms with Gasteiger partial charge in [0, 0.05) is 6.07 Å². The molecule has 0 N–H and O–H groups in total. The number of nitrogens with zero attached hydrogens (tertiary/aromatic N) is 1. The van der Waals surface area contributed by atoms with Crippen molar-refractivity contribution in [3.05, 3.63) is 41.3 Å². The summed E-state index contributed by atoms with van der Waals surface area (Å²) in [7, 11) is -4.29. The van der Waals surface area contributed by atoms with Gasteiger partial charge in [-0.05, 0) is 26.0 Å². The predicted molar refractivity (Wildman–Crippen MR) is 60.1 cm³/mol. The smallest absolute Gasteiger partial charge is 0.344 e. The monoisotopic (exact) mass is 289 g/mol. The minimum absolute atomic E-state index is 0.0278. The Kier molecular flexibility index (Phi) is 3.27. The summed E-state index contributed by atoms with van der Waals surface area (Å²) in [5.41, 5.74) is 0.0972. The van der Waals surface area contributed by atoms with Crippen molar-refractivity contribution in [1.29, 1.82) is 0 Å². The molecule has 0 aliphatic rings. The summed E-state index contributed by atoms with van der Waals surface area (Å²) < 4.78 is 59.3. The van der Waals surface area contributed by atoms with E-state index in [1.807, 2.05) is 0 Å². The van der Waals surface area contributed by atoms with Crippen molar-refractivity contribution < 1.29 is 25.9 Å². The summed E-state index contributed by atoms with van der Waals surface area (Å²) in [6.45, 7) is 2.80. The van der Waals surface area contributed by atoms with E-state index >= 15 is 0 Å². The van der Waals surface area contributed by atoms with Crippen molar-refractivity contribution in [1.82, 2.24) is 5.16 Å². The van der Waals surface area contributed by atoms with Crippen molar-refractivity contribution >= 4 is 10.1 Å². The maximum atomic E-state index is 13.4. The van der Waals surface area contributed by atoms with Crippen LogP contribution in [-0.2, 0) is 10.1 Å². The standard InChI is InChI=1S/C11H9F2NO4S/c1-6-11(7(2)17-14-6)19(15,16)18-10-4-3-8(12)5-9(10)13/h3-5H,1-2H3. The zero-order valence-corrected chi connectivity index (χ0v) is 10.8. The van der Waals surface area contributed by atoms with Gasteiger partial charge in [0.25, 0.3) is 0 Å². The number of halogens is 2. The molecule has 0 radical (unpaired) electrons. The molecule has 0 aliphatic carbocycles. The molecule has 0 amide bonds. The normalized spacial score (nSPS) is 11.6. The van der Waals surface area contributed by atoms with Crippen LogP contribution in [0.1, 0.15) is 11.5 Å². The minimum atomic E-state index is -4.29. The lowest BCUT2D eigenvalue weighted by molar-refractivity contribution is 0.389. The number of hydrogen-bond donors (Lipinski definition) is 0. The van der Waals surface area contributed by atoms with Crippen molar-refractivity contribution in [2.75, 3.05) is 0 Å². The summed E-state index contributed by atoms with van der Waals surface area (Å²) in [5.74, 6) is -2.52. The molecule has 1 heterocycles. The van der Waals surface area contributed by atoms with Gasteiger partial charge in [0.05, 0.1) is 0 Å². The summed E-state index contributed by atoms with van der Waals surface area (Å²) in [4.78, 5) is -0.267. The Morgan fingerprint density at radius 1 is 1.26 bits per heavy atom. The summed E-state index contributed by atoms with van der Waals surface area (Å²) in [5, 5.41) is 3.47. The van der Waals surface area contributed by atoms with E-state index in [0.717, 1.165) is 12.1 Å². The van der Waals surface area contributed by atoms with Crippen LogP contribution in [0.4, 0.5) is 8.78 Å². The number of aromatic nitrogens is 1. The molecule has 0 saturated heterocycles. The van der Waals surface area contributed by atoms with Crippen LogP contribution in [0.3, 0.4) is 0 Å². The molecule has 0 saturated carbocycles. The Morgan fingerprint density at radius 3 is 2.47 bits per heavy atom. The molecule has 2 rings (SSSR count). The van der Waals surface area contributed by atoms with E-state index in [9.17, 15) is 17.2 Å². The molecule has 1 aromatic carbocycles. The van der Waals surface area contributed by atoms with E-state index in [4.69, 9.17) is 4.52 Å². The Morgan fingerprint density at radius 2 is 1.95 bits per heavy atom. The van der Waals surface area contributed by atoms with E-state index in [0.29, 0.717) is 6.07 Å². The molecule has 0 bridgehead atoms. The third kappa shape index (κ3) is 2.58. The van der Waals surface area contributed by atoms with Gasteiger partial charge in [-0.2, -0.15) is 8.42 Å². The van der Waals surface area contributed by atoms with Gasteiger partial charge in [0.2, 0.25) is 0 Å². The second-order valence-electron chi connectivity index (χ2n) is 3.77. The highest BCUT2D eigenvalue weighted by Gasteiger charge is 2.27. The molecule has 5 nitrogen and oxygen atoms in total. The van der Waals surface area contributed by atoms with Gasteiger partial charge in [-0.1, -0.05) is 5.16 Å². The van der Waals surface area contributed by atoms with Gasteiger partial charge < -0.3 is 8.71 Å². The fourth-order valence-corrected chi connectivity index (χ4v) is 2.78. The maximum Gasteiger partial charge on any atom is 0.344 e. The van der Waals surface area contributed by atoms with E-state index in [1.165, 1.54) is 13.8 Å². The largest absolute Gasteiger partial charge is 0.376 e. The van der Waals surface area contributed by atoms with Crippen molar-refractivity contribution in [2.45, 2.75) is 18.7 Å². The van der Waals surface area contributed by atoms with Gasteiger partial charge >= 0.3 is 10.1 Å². The van der Waals surface area contributed by atoms with E-state index in [1.54, 1.807) is 0 Å². The molecule has 0 spiro atoms. The number of rotatable bonds is 3. The van der Waals surface area contributed by atoms with Gasteiger partial charge in [-0.25, -0.2) is 8.78 Å². The Labute approximate surface area is 107 Å². The van der Waals surface area contributed by atoms with Crippen LogP contribution in [0.15, 0.2) is 27.6 Å². The third-order valence-corrected chi connectivity index (χ3v) is 3.79. The quantitative estimate of drug-likeness (QED) is 0.811. The number of benzene rings is 1. The van der Waals surface area contributed by atoms with Crippen LogP contribution in [0.25, 0.3) is 0 Å². The van der Waals surface area contributed by atoms with Crippen LogP contribution in [0, 0.1) is 25.5 Å². The van der Waals surface area contributed by atoms with Crippen molar-refractivity contribution in [2.24, 2.45) is 0 Å². The lowest BCUT2D eigenvalue weighted by Crippen LogP contribution is -2.12. The lowest BCUT2D eigenvalue weighted by Gasteiger charge is -2.07. The Bertz CT molecular complexity index is 705. The van der Waals surface area contributed by atoms with E-state index in [-0.39, 0.29) is 16.3 Å². The minimum Gasteiger partial charge on any atom is -0.376 e. The maximum absolute atomic E-state index is 13.4.